The Morgan fingerprint density at radius 3 is 1.45 bits per heavy atom. The lowest BCUT2D eigenvalue weighted by atomic mass is 9.65. The molecule has 0 saturated heterocycles. The highest BCUT2D eigenvalue weighted by Gasteiger charge is 2.50. The van der Waals surface area contributed by atoms with Gasteiger partial charge in [-0.25, -0.2) is 4.31 Å². The molecule has 6 atom stereocenters. The van der Waals surface area contributed by atoms with Crippen LogP contribution in [0.2, 0.25) is 0 Å². The van der Waals surface area contributed by atoms with E-state index in [1.165, 1.54) is 61.3 Å². The molecule has 0 spiro atoms. The average molecular weight is 929 g/mol. The molecule has 362 valence electrons. The van der Waals surface area contributed by atoms with Gasteiger partial charge in [0.1, 0.15) is 18.0 Å². The largest absolute Gasteiger partial charge is 0.430 e. The highest BCUT2D eigenvalue weighted by atomic mass is 31.2. The van der Waals surface area contributed by atoms with Gasteiger partial charge in [0, 0.05) is 16.9 Å². The van der Waals surface area contributed by atoms with Gasteiger partial charge in [-0.15, -0.1) is 0 Å². The first kappa shape index (κ1) is 52.5. The van der Waals surface area contributed by atoms with E-state index in [9.17, 15) is 0 Å². The van der Waals surface area contributed by atoms with Crippen LogP contribution in [0.25, 0.3) is 0 Å². The molecule has 2 aliphatic heterocycles. The van der Waals surface area contributed by atoms with Crippen molar-refractivity contribution in [2.75, 3.05) is 0 Å². The molecule has 4 aliphatic carbocycles. The third-order valence-electron chi connectivity index (χ3n) is 14.3. The molecule has 6 aliphatic rings. The summed E-state index contributed by atoms with van der Waals surface area (Å²) in [6, 6.07) is 0. The molecule has 6 rings (SSSR count). The summed E-state index contributed by atoms with van der Waals surface area (Å²) in [5.41, 5.74) is 13.4. The van der Waals surface area contributed by atoms with E-state index in [2.05, 4.69) is 203 Å². The van der Waals surface area contributed by atoms with Gasteiger partial charge < -0.3 is 9.05 Å². The van der Waals surface area contributed by atoms with Crippen LogP contribution >= 0.6 is 17.2 Å². The summed E-state index contributed by atoms with van der Waals surface area (Å²) in [5.74, 6) is 1.04. The van der Waals surface area contributed by atoms with Gasteiger partial charge in [0.25, 0.3) is 0 Å². The molecular formula is C58H90O5P2. The van der Waals surface area contributed by atoms with Crippen LogP contribution in [0.15, 0.2) is 104 Å². The van der Waals surface area contributed by atoms with Crippen molar-refractivity contribution in [3.63, 3.8) is 0 Å². The van der Waals surface area contributed by atoms with Crippen LogP contribution < -0.4 is 0 Å². The SMILES string of the molecule is CC(C)(C)C1=C/C2=C3\CCC(C(C)(C)C)=CC3=C(C(C)(C)C)OP(OP3OC4C(C(C)(C)C)=CC(C(C)(C)C)=C/C4=C4\CC=C(C(C)(C)C)CC4C(C(C)(C)C)O3)OC2C(C(C)(C)C)=C1. The molecule has 0 aromatic heterocycles. The Morgan fingerprint density at radius 2 is 0.985 bits per heavy atom. The molecule has 0 aromatic carbocycles. The number of hydrogen-bond acceptors (Lipinski definition) is 5. The van der Waals surface area contributed by atoms with E-state index < -0.39 is 17.2 Å². The first-order chi connectivity index (χ1) is 29.3. The summed E-state index contributed by atoms with van der Waals surface area (Å²) in [6.45, 7) is 55.6. The smallest absolute Gasteiger partial charge is 0.405 e. The Bertz CT molecular complexity index is 2180. The van der Waals surface area contributed by atoms with Crippen molar-refractivity contribution in [3.8, 4) is 0 Å². The second-order valence-corrected chi connectivity index (χ2v) is 30.6. The molecule has 5 nitrogen and oxygen atoms in total. The van der Waals surface area contributed by atoms with Gasteiger partial charge in [-0.2, -0.15) is 0 Å². The first-order valence-electron chi connectivity index (χ1n) is 24.7. The van der Waals surface area contributed by atoms with Crippen molar-refractivity contribution >= 4 is 17.2 Å². The molecule has 0 amide bonds. The van der Waals surface area contributed by atoms with E-state index in [4.69, 9.17) is 22.4 Å². The Hall–Kier alpha value is -1.84. The Morgan fingerprint density at radius 1 is 0.492 bits per heavy atom. The third kappa shape index (κ3) is 11.5. The fourth-order valence-electron chi connectivity index (χ4n) is 10.0. The molecule has 0 fully saturated rings. The zero-order valence-corrected chi connectivity index (χ0v) is 47.3. The fraction of sp³-hybridized carbons (Fsp3) is 0.690. The Labute approximate surface area is 400 Å². The number of allylic oxidation sites excluding steroid dienone is 11. The first-order valence-corrected chi connectivity index (χ1v) is 26.9. The van der Waals surface area contributed by atoms with Crippen molar-refractivity contribution < 1.29 is 22.4 Å². The van der Waals surface area contributed by atoms with Crippen LogP contribution in [0.3, 0.4) is 0 Å². The zero-order chi connectivity index (χ0) is 49.0. The lowest BCUT2D eigenvalue weighted by Gasteiger charge is -2.48. The quantitative estimate of drug-likeness (QED) is 0.204. The van der Waals surface area contributed by atoms with Crippen molar-refractivity contribution in [2.45, 2.75) is 210 Å². The predicted molar refractivity (Wildman–Crippen MR) is 278 cm³/mol. The van der Waals surface area contributed by atoms with Crippen molar-refractivity contribution in [1.29, 1.82) is 0 Å². The maximum Gasteiger partial charge on any atom is 0.405 e. The van der Waals surface area contributed by atoms with Gasteiger partial charge in [-0.05, 0) is 103 Å². The number of rotatable bonds is 2. The second kappa shape index (κ2) is 17.5. The molecule has 7 heteroatoms. The van der Waals surface area contributed by atoms with Crippen molar-refractivity contribution in [3.05, 3.63) is 104 Å². The van der Waals surface area contributed by atoms with Crippen LogP contribution in [0.1, 0.15) is 192 Å². The van der Waals surface area contributed by atoms with Crippen LogP contribution in [-0.2, 0) is 22.4 Å². The number of hydrogen-bond donors (Lipinski definition) is 0. The molecular weight excluding hydrogens is 839 g/mol. The lowest BCUT2D eigenvalue weighted by Crippen LogP contribution is -2.42. The van der Waals surface area contributed by atoms with Gasteiger partial charge in [-0.3, -0.25) is 9.05 Å². The number of fused-ring (bicyclic) bond motifs is 4. The van der Waals surface area contributed by atoms with E-state index in [-0.39, 0.29) is 67.5 Å². The van der Waals surface area contributed by atoms with E-state index >= 15 is 0 Å². The zero-order valence-electron chi connectivity index (χ0n) is 45.5. The second-order valence-electron chi connectivity index (χ2n) is 28.2. The maximum absolute atomic E-state index is 7.55. The fourth-order valence-corrected chi connectivity index (χ4v) is 13.1. The third-order valence-corrected chi connectivity index (χ3v) is 16.8. The van der Waals surface area contributed by atoms with Gasteiger partial charge in [-0.1, -0.05) is 219 Å². The Balaban J connectivity index is 1.60. The van der Waals surface area contributed by atoms with E-state index in [0.29, 0.717) is 0 Å². The average Bonchev–Trinajstić information content (AvgIpc) is 3.10. The van der Waals surface area contributed by atoms with Gasteiger partial charge in [0.2, 0.25) is 0 Å². The predicted octanol–water partition coefficient (Wildman–Crippen LogP) is 18.7. The topological polar surface area (TPSA) is 46.2 Å². The van der Waals surface area contributed by atoms with Gasteiger partial charge >= 0.3 is 17.2 Å². The van der Waals surface area contributed by atoms with Crippen LogP contribution in [0.5, 0.6) is 0 Å². The molecule has 0 saturated carbocycles. The summed E-state index contributed by atoms with van der Waals surface area (Å²) >= 11 is 0. The summed E-state index contributed by atoms with van der Waals surface area (Å²) in [5, 5.41) is 0. The maximum atomic E-state index is 7.55. The summed E-state index contributed by atoms with van der Waals surface area (Å²) in [4.78, 5) is 0. The normalized spacial score (nSPS) is 30.3. The minimum atomic E-state index is -2.07. The molecule has 0 radical (unpaired) electrons. The van der Waals surface area contributed by atoms with Crippen LogP contribution in [0, 0.1) is 49.2 Å². The van der Waals surface area contributed by atoms with Crippen molar-refractivity contribution in [2.24, 2.45) is 49.2 Å². The molecule has 2 heterocycles. The monoisotopic (exact) mass is 929 g/mol. The summed E-state index contributed by atoms with van der Waals surface area (Å²) < 4.78 is 37.5. The lowest BCUT2D eigenvalue weighted by molar-refractivity contribution is 0.0154. The van der Waals surface area contributed by atoms with Gasteiger partial charge in [0.15, 0.2) is 0 Å². The summed E-state index contributed by atoms with van der Waals surface area (Å²) in [7, 11) is -4.09. The van der Waals surface area contributed by atoms with Crippen LogP contribution in [-0.4, -0.2) is 18.3 Å². The molecule has 0 bridgehead atoms. The van der Waals surface area contributed by atoms with E-state index in [1.54, 1.807) is 0 Å². The van der Waals surface area contributed by atoms with E-state index in [0.717, 1.165) is 31.4 Å². The minimum Gasteiger partial charge on any atom is -0.430 e. The minimum absolute atomic E-state index is 0.0116. The summed E-state index contributed by atoms with van der Waals surface area (Å²) in [6.07, 6.45) is 17.5. The highest BCUT2D eigenvalue weighted by Crippen LogP contribution is 2.66. The molecule has 0 N–H and O–H groups in total. The van der Waals surface area contributed by atoms with E-state index in [1.807, 2.05) is 0 Å². The van der Waals surface area contributed by atoms with Gasteiger partial charge in [0.05, 0.1) is 6.10 Å². The highest BCUT2D eigenvalue weighted by molar-refractivity contribution is 7.55. The molecule has 65 heavy (non-hydrogen) atoms. The molecule has 0 aromatic rings. The van der Waals surface area contributed by atoms with Crippen molar-refractivity contribution in [1.82, 2.24) is 0 Å². The van der Waals surface area contributed by atoms with Crippen LogP contribution in [0.4, 0.5) is 0 Å². The standard InChI is InChI=1S/C58H90O5P2/c1-51(2,3)35-25-27-39-41-31-37(53(7,8)9)33-45(55(13,14)15)47(41)59-64(61-49(43(39)29-35)57(19,20)21)63-65-60-48-42(32-38(54(10,11)12)34-46(48)56(16,17)18)40-28-26-36(52(4,5)6)30-44(40)50(62-65)58(22,23)24/h25,30-34,43,47-49H,26-29H2,1-24H3/b41-39-,42-40-,50-44?. The Kier molecular flexibility index (Phi) is 14.2. The molecule has 6 unspecified atom stereocenters.